The Labute approximate surface area is 369 Å². The lowest BCUT2D eigenvalue weighted by atomic mass is 9.84. The van der Waals surface area contributed by atoms with E-state index in [-0.39, 0.29) is 0 Å². The van der Waals surface area contributed by atoms with Crippen LogP contribution in [0.5, 0.6) is 0 Å². The molecule has 11 aromatic rings. The fraction of sp³-hybridized carbons (Fsp3) is 0. The van der Waals surface area contributed by atoms with Gasteiger partial charge in [0.15, 0.2) is 0 Å². The molecule has 0 unspecified atom stereocenters. The first kappa shape index (κ1) is 37.7. The van der Waals surface area contributed by atoms with Gasteiger partial charge in [-0.15, -0.1) is 0 Å². The molecule has 296 valence electrons. The molecular formula is C62H43N. The van der Waals surface area contributed by atoms with Gasteiger partial charge in [0.2, 0.25) is 0 Å². The molecule has 0 saturated heterocycles. The van der Waals surface area contributed by atoms with Crippen LogP contribution in [0.4, 0.5) is 17.1 Å². The fourth-order valence-electron chi connectivity index (χ4n) is 9.44. The Morgan fingerprint density at radius 2 is 0.556 bits per heavy atom. The summed E-state index contributed by atoms with van der Waals surface area (Å²) in [6.07, 6.45) is 0. The van der Waals surface area contributed by atoms with Crippen LogP contribution in [0.1, 0.15) is 0 Å². The highest BCUT2D eigenvalue weighted by molar-refractivity contribution is 6.25. The van der Waals surface area contributed by atoms with Gasteiger partial charge in [-0.2, -0.15) is 0 Å². The Hall–Kier alpha value is -8.26. The Kier molecular flexibility index (Phi) is 9.97. The predicted octanol–water partition coefficient (Wildman–Crippen LogP) is 17.5. The zero-order valence-electron chi connectivity index (χ0n) is 34.8. The molecule has 63 heavy (non-hydrogen) atoms. The van der Waals surface area contributed by atoms with E-state index in [1.54, 1.807) is 0 Å². The van der Waals surface area contributed by atoms with Gasteiger partial charge in [0, 0.05) is 16.8 Å². The third-order valence-electron chi connectivity index (χ3n) is 12.3. The second-order valence-corrected chi connectivity index (χ2v) is 16.0. The molecule has 0 fully saturated rings. The smallest absolute Gasteiger partial charge is 0.0546 e. The van der Waals surface area contributed by atoms with Gasteiger partial charge in [-0.1, -0.05) is 231 Å². The highest BCUT2D eigenvalue weighted by Crippen LogP contribution is 2.51. The zero-order chi connectivity index (χ0) is 42.0. The molecule has 0 heterocycles. The first-order chi connectivity index (χ1) is 31.3. The van der Waals surface area contributed by atoms with Gasteiger partial charge < -0.3 is 4.90 Å². The van der Waals surface area contributed by atoms with Gasteiger partial charge in [0.25, 0.3) is 0 Å². The molecular weight excluding hydrogens is 759 g/mol. The summed E-state index contributed by atoms with van der Waals surface area (Å²) < 4.78 is 0. The normalized spacial score (nSPS) is 11.2. The Morgan fingerprint density at radius 1 is 0.222 bits per heavy atom. The number of hydrogen-bond acceptors (Lipinski definition) is 1. The quantitative estimate of drug-likeness (QED) is 0.131. The summed E-state index contributed by atoms with van der Waals surface area (Å²) in [6.45, 7) is 0. The molecule has 11 rings (SSSR count). The van der Waals surface area contributed by atoms with Crippen LogP contribution in [0.2, 0.25) is 0 Å². The minimum Gasteiger partial charge on any atom is -0.310 e. The monoisotopic (exact) mass is 801 g/mol. The van der Waals surface area contributed by atoms with E-state index in [9.17, 15) is 0 Å². The molecule has 0 bridgehead atoms. The van der Waals surface area contributed by atoms with Gasteiger partial charge in [-0.3, -0.25) is 0 Å². The van der Waals surface area contributed by atoms with Crippen molar-refractivity contribution in [2.24, 2.45) is 0 Å². The summed E-state index contributed by atoms with van der Waals surface area (Å²) in [5, 5.41) is 4.83. The third kappa shape index (κ3) is 7.06. The summed E-state index contributed by atoms with van der Waals surface area (Å²) in [7, 11) is 0. The van der Waals surface area contributed by atoms with Gasteiger partial charge in [0.1, 0.15) is 0 Å². The molecule has 0 aliphatic rings. The van der Waals surface area contributed by atoms with E-state index in [1.165, 1.54) is 88.3 Å². The van der Waals surface area contributed by atoms with Crippen LogP contribution < -0.4 is 4.90 Å². The van der Waals surface area contributed by atoms with Crippen molar-refractivity contribution < 1.29 is 0 Å². The van der Waals surface area contributed by atoms with Crippen molar-refractivity contribution in [3.8, 4) is 66.8 Å². The number of anilines is 3. The highest BCUT2D eigenvalue weighted by Gasteiger charge is 2.24. The molecule has 0 N–H and O–H groups in total. The van der Waals surface area contributed by atoms with Crippen molar-refractivity contribution in [1.82, 2.24) is 0 Å². The van der Waals surface area contributed by atoms with Crippen LogP contribution in [0.15, 0.2) is 261 Å². The van der Waals surface area contributed by atoms with Crippen LogP contribution >= 0.6 is 0 Å². The van der Waals surface area contributed by atoms with Crippen LogP contribution in [-0.4, -0.2) is 0 Å². The maximum absolute atomic E-state index is 2.49. The maximum atomic E-state index is 2.49. The van der Waals surface area contributed by atoms with Gasteiger partial charge in [0.05, 0.1) is 5.69 Å². The van der Waals surface area contributed by atoms with E-state index in [0.29, 0.717) is 0 Å². The Bertz CT molecular complexity index is 3220. The number of nitrogens with zero attached hydrogens (tertiary/aromatic N) is 1. The van der Waals surface area contributed by atoms with Gasteiger partial charge >= 0.3 is 0 Å². The number of hydrogen-bond donors (Lipinski definition) is 0. The first-order valence-corrected chi connectivity index (χ1v) is 21.7. The van der Waals surface area contributed by atoms with Gasteiger partial charge in [-0.25, -0.2) is 0 Å². The van der Waals surface area contributed by atoms with E-state index in [0.717, 1.165) is 17.1 Å². The maximum Gasteiger partial charge on any atom is 0.0546 e. The van der Waals surface area contributed by atoms with E-state index in [2.05, 4.69) is 266 Å². The zero-order valence-corrected chi connectivity index (χ0v) is 34.8. The summed E-state index contributed by atoms with van der Waals surface area (Å²) in [4.78, 5) is 2.49. The molecule has 0 aliphatic carbocycles. The number of rotatable bonds is 9. The van der Waals surface area contributed by atoms with Crippen molar-refractivity contribution in [3.05, 3.63) is 261 Å². The van der Waals surface area contributed by atoms with E-state index < -0.39 is 0 Å². The SMILES string of the molecule is c1ccc(-c2ccc(N(c3ccc(-c4ccccc4)c(-c4ccccc4)c3)c3cccc4c(-c5ccccc5)c(-c5ccccc5)c5ccccc5c34)cc2-c2ccccc2)cc1. The third-order valence-corrected chi connectivity index (χ3v) is 12.3. The van der Waals surface area contributed by atoms with E-state index in [4.69, 9.17) is 0 Å². The Balaban J connectivity index is 1.26. The second-order valence-electron chi connectivity index (χ2n) is 16.0. The van der Waals surface area contributed by atoms with Crippen molar-refractivity contribution in [2.45, 2.75) is 0 Å². The molecule has 0 aromatic heterocycles. The summed E-state index contributed by atoms with van der Waals surface area (Å²) in [5.74, 6) is 0. The van der Waals surface area contributed by atoms with Crippen molar-refractivity contribution >= 4 is 38.6 Å². The van der Waals surface area contributed by atoms with Crippen LogP contribution in [-0.2, 0) is 0 Å². The fourth-order valence-corrected chi connectivity index (χ4v) is 9.44. The molecule has 0 atom stereocenters. The van der Waals surface area contributed by atoms with Crippen molar-refractivity contribution in [3.63, 3.8) is 0 Å². The summed E-state index contributed by atoms with van der Waals surface area (Å²) in [5.41, 5.74) is 17.6. The minimum absolute atomic E-state index is 1.07. The standard InChI is InChI=1S/C62H43N/c1-7-22-44(23-8-1)52-40-38-50(42-57(52)46-26-11-3-12-27-46)63(51-39-41-53(45-24-9-2-10-25-45)58(43-51)47-28-13-4-14-29-47)59-37-21-36-56-61(49-32-17-6-18-33-49)60(48-30-15-5-16-31-48)54-34-19-20-35-55(54)62(56)59/h1-43H. The lowest BCUT2D eigenvalue weighted by Crippen LogP contribution is -2.11. The predicted molar refractivity (Wildman–Crippen MR) is 269 cm³/mol. The largest absolute Gasteiger partial charge is 0.310 e. The lowest BCUT2D eigenvalue weighted by molar-refractivity contribution is 1.30. The highest BCUT2D eigenvalue weighted by atomic mass is 15.1. The van der Waals surface area contributed by atoms with Crippen LogP contribution in [0.25, 0.3) is 88.3 Å². The van der Waals surface area contributed by atoms with Crippen molar-refractivity contribution in [2.75, 3.05) is 4.90 Å². The first-order valence-electron chi connectivity index (χ1n) is 21.7. The molecule has 0 saturated carbocycles. The average molecular weight is 802 g/mol. The molecule has 0 radical (unpaired) electrons. The summed E-state index contributed by atoms with van der Waals surface area (Å²) >= 11 is 0. The topological polar surface area (TPSA) is 3.24 Å². The molecule has 0 amide bonds. The molecule has 0 spiro atoms. The van der Waals surface area contributed by atoms with Crippen LogP contribution in [0.3, 0.4) is 0 Å². The Morgan fingerprint density at radius 3 is 0.984 bits per heavy atom. The molecule has 1 nitrogen and oxygen atoms in total. The van der Waals surface area contributed by atoms with Crippen molar-refractivity contribution in [1.29, 1.82) is 0 Å². The number of benzene rings is 11. The van der Waals surface area contributed by atoms with E-state index in [1.807, 2.05) is 0 Å². The molecule has 1 heteroatoms. The number of fused-ring (bicyclic) bond motifs is 3. The molecule has 0 aliphatic heterocycles. The summed E-state index contributed by atoms with van der Waals surface area (Å²) in [6, 6.07) is 94.8. The molecule has 11 aromatic carbocycles. The second kappa shape index (κ2) is 16.7. The van der Waals surface area contributed by atoms with E-state index >= 15 is 0 Å². The van der Waals surface area contributed by atoms with Gasteiger partial charge in [-0.05, 0) is 113 Å². The van der Waals surface area contributed by atoms with Crippen LogP contribution in [0, 0.1) is 0 Å². The average Bonchev–Trinajstić information content (AvgIpc) is 3.37. The minimum atomic E-state index is 1.07. The lowest BCUT2D eigenvalue weighted by Gasteiger charge is -2.30.